The number of carbonyl (C=O) groups excluding carboxylic acids is 1. The molecule has 0 bridgehead atoms. The van der Waals surface area contributed by atoms with Crippen molar-refractivity contribution in [1.82, 2.24) is 9.88 Å². The fraction of sp³-hybridized carbons (Fsp3) is 0.194. The molecule has 2 N–H and O–H groups in total. The predicted molar refractivity (Wildman–Crippen MR) is 165 cm³/mol. The van der Waals surface area contributed by atoms with Gasteiger partial charge in [-0.15, -0.1) is 0 Å². The Balaban J connectivity index is 1.27. The third-order valence-corrected chi connectivity index (χ3v) is 8.03. The van der Waals surface area contributed by atoms with Gasteiger partial charge in [-0.1, -0.05) is 36.1 Å². The molecule has 0 radical (unpaired) electrons. The van der Waals surface area contributed by atoms with Gasteiger partial charge in [0.15, 0.2) is 11.5 Å². The Hall–Kier alpha value is -4.28. The molecule has 1 aliphatic rings. The van der Waals surface area contributed by atoms with Gasteiger partial charge in [0.2, 0.25) is 0 Å². The van der Waals surface area contributed by atoms with E-state index in [0.29, 0.717) is 40.3 Å². The van der Waals surface area contributed by atoms with Gasteiger partial charge in [-0.2, -0.15) is 0 Å². The van der Waals surface area contributed by atoms with Crippen LogP contribution in [0.15, 0.2) is 65.6 Å². The van der Waals surface area contributed by atoms with Gasteiger partial charge in [-0.05, 0) is 79.1 Å². The van der Waals surface area contributed by atoms with Crippen molar-refractivity contribution in [2.24, 2.45) is 0 Å². The molecule has 1 amide bonds. The summed E-state index contributed by atoms with van der Waals surface area (Å²) in [5.41, 5.74) is 5.10. The molecule has 1 saturated heterocycles. The molecular formula is C31H28N2O6S2. The number of aromatic amines is 1. The zero-order valence-corrected chi connectivity index (χ0v) is 24.4. The van der Waals surface area contributed by atoms with Gasteiger partial charge >= 0.3 is 5.97 Å². The third-order valence-electron chi connectivity index (χ3n) is 6.66. The topological polar surface area (TPSA) is 101 Å². The Morgan fingerprint density at radius 1 is 1.02 bits per heavy atom. The number of aromatic carboxylic acids is 1. The summed E-state index contributed by atoms with van der Waals surface area (Å²) in [7, 11) is 3.10. The molecule has 1 fully saturated rings. The molecule has 0 spiro atoms. The first-order valence-electron chi connectivity index (χ1n) is 12.8. The molecule has 210 valence electrons. The van der Waals surface area contributed by atoms with Crippen LogP contribution >= 0.6 is 24.0 Å². The van der Waals surface area contributed by atoms with Gasteiger partial charge in [-0.3, -0.25) is 9.69 Å². The van der Waals surface area contributed by atoms with Gasteiger partial charge in [0.05, 0.1) is 31.3 Å². The smallest absolute Gasteiger partial charge is 0.335 e. The highest BCUT2D eigenvalue weighted by Gasteiger charge is 2.31. The number of hydrogen-bond donors (Lipinski definition) is 2. The number of hydrogen-bond acceptors (Lipinski definition) is 7. The van der Waals surface area contributed by atoms with Crippen LogP contribution in [0.4, 0.5) is 0 Å². The summed E-state index contributed by atoms with van der Waals surface area (Å²) < 4.78 is 17.2. The minimum Gasteiger partial charge on any atom is -0.496 e. The quantitative estimate of drug-likeness (QED) is 0.123. The zero-order chi connectivity index (χ0) is 29.1. The summed E-state index contributed by atoms with van der Waals surface area (Å²) in [4.78, 5) is 29.9. The first kappa shape index (κ1) is 28.3. The number of aromatic nitrogens is 1. The SMILES string of the molecule is COc1cc(C(=O)O)ccc1OCCCN1C(=O)C(=Cc2ccc(OC)c(-c3ccc4[nH]c(C)cc4c3)c2)SC1=S. The number of nitrogens with one attached hydrogen (secondary N) is 1. The molecular weight excluding hydrogens is 560 g/mol. The number of methoxy groups -OCH3 is 2. The number of thiocarbonyl (C=S) groups is 1. The van der Waals surface area contributed by atoms with Crippen molar-refractivity contribution in [1.29, 1.82) is 0 Å². The number of amides is 1. The average Bonchev–Trinajstić information content (AvgIpc) is 3.47. The average molecular weight is 589 g/mol. The fourth-order valence-corrected chi connectivity index (χ4v) is 5.96. The first-order chi connectivity index (χ1) is 19.8. The van der Waals surface area contributed by atoms with Crippen LogP contribution < -0.4 is 14.2 Å². The molecule has 1 aromatic heterocycles. The molecule has 0 saturated carbocycles. The van der Waals surface area contributed by atoms with Crippen LogP contribution in [-0.2, 0) is 4.79 Å². The highest BCUT2D eigenvalue weighted by atomic mass is 32.2. The van der Waals surface area contributed by atoms with E-state index in [-0.39, 0.29) is 11.5 Å². The van der Waals surface area contributed by atoms with E-state index in [1.807, 2.05) is 31.2 Å². The molecule has 41 heavy (non-hydrogen) atoms. The largest absolute Gasteiger partial charge is 0.496 e. The van der Waals surface area contributed by atoms with E-state index in [0.717, 1.165) is 39.0 Å². The van der Waals surface area contributed by atoms with E-state index in [1.165, 1.54) is 31.0 Å². The Kier molecular flexibility index (Phi) is 8.32. The summed E-state index contributed by atoms with van der Waals surface area (Å²) in [6, 6.07) is 18.6. The lowest BCUT2D eigenvalue weighted by molar-refractivity contribution is -0.122. The normalized spacial score (nSPS) is 14.2. The van der Waals surface area contributed by atoms with Crippen LogP contribution in [0.1, 0.15) is 28.0 Å². The molecule has 1 aliphatic heterocycles. The minimum absolute atomic E-state index is 0.111. The summed E-state index contributed by atoms with van der Waals surface area (Å²) >= 11 is 6.78. The van der Waals surface area contributed by atoms with E-state index in [9.17, 15) is 9.59 Å². The molecule has 2 heterocycles. The Morgan fingerprint density at radius 3 is 2.56 bits per heavy atom. The molecule has 8 nitrogen and oxygen atoms in total. The van der Waals surface area contributed by atoms with E-state index >= 15 is 0 Å². The van der Waals surface area contributed by atoms with Crippen molar-refractivity contribution < 1.29 is 28.9 Å². The van der Waals surface area contributed by atoms with E-state index in [4.69, 9.17) is 31.5 Å². The Labute approximate surface area is 246 Å². The number of carbonyl (C=O) groups is 2. The fourth-order valence-electron chi connectivity index (χ4n) is 4.66. The maximum Gasteiger partial charge on any atom is 0.335 e. The number of rotatable bonds is 10. The number of aryl methyl sites for hydroxylation is 1. The first-order valence-corrected chi connectivity index (χ1v) is 14.1. The molecule has 10 heteroatoms. The van der Waals surface area contributed by atoms with Crippen LogP contribution in [0.2, 0.25) is 0 Å². The second-order valence-corrected chi connectivity index (χ2v) is 11.1. The predicted octanol–water partition coefficient (Wildman–Crippen LogP) is 6.53. The van der Waals surface area contributed by atoms with E-state index < -0.39 is 5.97 Å². The molecule has 0 unspecified atom stereocenters. The maximum atomic E-state index is 13.2. The number of thioether (sulfide) groups is 1. The number of carboxylic acid groups (broad SMARTS) is 1. The highest BCUT2D eigenvalue weighted by Crippen LogP contribution is 2.36. The maximum absolute atomic E-state index is 13.2. The minimum atomic E-state index is -1.04. The van der Waals surface area contributed by atoms with Crippen molar-refractivity contribution in [3.63, 3.8) is 0 Å². The lowest BCUT2D eigenvalue weighted by atomic mass is 10.00. The summed E-state index contributed by atoms with van der Waals surface area (Å²) in [6.45, 7) is 2.72. The van der Waals surface area contributed by atoms with Crippen molar-refractivity contribution in [3.05, 3.63) is 82.4 Å². The van der Waals surface area contributed by atoms with Gasteiger partial charge in [0, 0.05) is 28.7 Å². The van der Waals surface area contributed by atoms with E-state index in [1.54, 1.807) is 18.1 Å². The van der Waals surface area contributed by atoms with Crippen molar-refractivity contribution in [2.75, 3.05) is 27.4 Å². The van der Waals surface area contributed by atoms with Crippen molar-refractivity contribution in [2.45, 2.75) is 13.3 Å². The van der Waals surface area contributed by atoms with Crippen molar-refractivity contribution >= 4 is 57.2 Å². The number of nitrogens with zero attached hydrogens (tertiary/aromatic N) is 1. The second-order valence-electron chi connectivity index (χ2n) is 9.42. The van der Waals surface area contributed by atoms with E-state index in [2.05, 4.69) is 29.2 Å². The lowest BCUT2D eigenvalue weighted by Gasteiger charge is -2.15. The summed E-state index contributed by atoms with van der Waals surface area (Å²) in [6.07, 6.45) is 2.38. The zero-order valence-electron chi connectivity index (χ0n) is 22.7. The highest BCUT2D eigenvalue weighted by molar-refractivity contribution is 8.26. The number of fused-ring (bicyclic) bond motifs is 1. The van der Waals surface area contributed by atoms with Crippen LogP contribution in [0.3, 0.4) is 0 Å². The molecule has 5 rings (SSSR count). The monoisotopic (exact) mass is 588 g/mol. The van der Waals surface area contributed by atoms with Crippen LogP contribution in [0, 0.1) is 6.92 Å². The molecule has 3 aromatic carbocycles. The van der Waals surface area contributed by atoms with Gasteiger partial charge in [-0.25, -0.2) is 4.79 Å². The lowest BCUT2D eigenvalue weighted by Crippen LogP contribution is -2.29. The van der Waals surface area contributed by atoms with Gasteiger partial charge in [0.1, 0.15) is 10.1 Å². The molecule has 0 aliphatic carbocycles. The van der Waals surface area contributed by atoms with Crippen molar-refractivity contribution in [3.8, 4) is 28.4 Å². The molecule has 0 atom stereocenters. The van der Waals surface area contributed by atoms with Crippen LogP contribution in [0.25, 0.3) is 28.1 Å². The number of ether oxygens (including phenoxy) is 3. The standard InChI is InChI=1S/C31H28N2O6S2/c1-18-13-22-16-20(6-8-24(22)32-18)23-14-19(5-9-25(23)37-2)15-28-29(34)33(31(40)41-28)11-4-12-39-26-10-7-21(30(35)36)17-27(26)38-3/h5-10,13-17,32H,4,11-12H2,1-3H3,(H,35,36). The van der Waals surface area contributed by atoms with Gasteiger partial charge in [0.25, 0.3) is 5.91 Å². The summed E-state index contributed by atoms with van der Waals surface area (Å²) in [5, 5.41) is 10.3. The molecule has 4 aromatic rings. The van der Waals surface area contributed by atoms with Crippen LogP contribution in [-0.4, -0.2) is 58.6 Å². The second kappa shape index (κ2) is 12.1. The number of benzene rings is 3. The number of H-pyrrole nitrogens is 1. The van der Waals surface area contributed by atoms with Gasteiger partial charge < -0.3 is 24.3 Å². The number of carboxylic acids is 1. The summed E-state index contributed by atoms with van der Waals surface area (Å²) in [5.74, 6) is 0.321. The Bertz CT molecular complexity index is 1690. The van der Waals surface area contributed by atoms with Crippen LogP contribution in [0.5, 0.6) is 17.2 Å². The Morgan fingerprint density at radius 2 is 1.80 bits per heavy atom. The third kappa shape index (κ3) is 6.08.